The molecule has 236 valence electrons. The van der Waals surface area contributed by atoms with E-state index in [1.54, 1.807) is 28.4 Å². The van der Waals surface area contributed by atoms with Crippen molar-refractivity contribution in [2.45, 2.75) is 62.3 Å². The van der Waals surface area contributed by atoms with Crippen LogP contribution in [0.5, 0.6) is 23.0 Å². The number of fused-ring (bicyclic) bond motifs is 7. The standard InChI is InChI=1S/C36H41N3O6/c1-38-27-14-24-17-32(42-3)34(44-5)19-26(24)36(38)28-15-23-16-31(41-2)33(43-4)18-25(23)30(39(28)29(27)20-37)21-45-35(40)13-9-12-22-10-7-6-8-11-22/h6-8,10-11,16-19,27-30,36H,9,12-15,21H2,1-5H3/t27-,28-,29-,30-,36+/m0/s1. The number of piperazine rings is 1. The van der Waals surface area contributed by atoms with Crippen molar-refractivity contribution >= 4 is 5.97 Å². The van der Waals surface area contributed by atoms with Gasteiger partial charge in [-0.1, -0.05) is 30.3 Å². The molecule has 3 heterocycles. The molecule has 0 radical (unpaired) electrons. The van der Waals surface area contributed by atoms with Crippen LogP contribution >= 0.6 is 0 Å². The molecule has 1 fully saturated rings. The summed E-state index contributed by atoms with van der Waals surface area (Å²) >= 11 is 0. The van der Waals surface area contributed by atoms with E-state index in [-0.39, 0.29) is 36.7 Å². The molecule has 3 aromatic rings. The van der Waals surface area contributed by atoms with Crippen LogP contribution in [-0.4, -0.2) is 76.0 Å². The van der Waals surface area contributed by atoms with Gasteiger partial charge in [-0.15, -0.1) is 0 Å². The highest BCUT2D eigenvalue weighted by atomic mass is 16.5. The van der Waals surface area contributed by atoms with Gasteiger partial charge in [0.1, 0.15) is 12.6 Å². The third-order valence-electron chi connectivity index (χ3n) is 9.81. The zero-order chi connectivity index (χ0) is 31.7. The average Bonchev–Trinajstić information content (AvgIpc) is 3.06. The third kappa shape index (κ3) is 5.58. The van der Waals surface area contributed by atoms with Crippen molar-refractivity contribution < 1.29 is 28.5 Å². The molecule has 0 N–H and O–H groups in total. The van der Waals surface area contributed by atoms with Gasteiger partial charge in [0.05, 0.1) is 46.6 Å². The highest BCUT2D eigenvalue weighted by molar-refractivity contribution is 5.69. The van der Waals surface area contributed by atoms with Gasteiger partial charge in [0.2, 0.25) is 0 Å². The lowest BCUT2D eigenvalue weighted by molar-refractivity contribution is -0.149. The summed E-state index contributed by atoms with van der Waals surface area (Å²) < 4.78 is 28.8. The Morgan fingerprint density at radius 2 is 1.42 bits per heavy atom. The number of ether oxygens (including phenoxy) is 5. The van der Waals surface area contributed by atoms with Crippen molar-refractivity contribution in [2.75, 3.05) is 42.1 Å². The van der Waals surface area contributed by atoms with Gasteiger partial charge in [-0.25, -0.2) is 0 Å². The molecule has 9 nitrogen and oxygen atoms in total. The second kappa shape index (κ2) is 13.0. The first-order valence-electron chi connectivity index (χ1n) is 15.5. The molecule has 3 aliphatic heterocycles. The number of hydrogen-bond donors (Lipinski definition) is 0. The molecule has 3 aromatic carbocycles. The fraction of sp³-hybridized carbons (Fsp3) is 0.444. The van der Waals surface area contributed by atoms with Crippen LogP contribution in [0.25, 0.3) is 0 Å². The summed E-state index contributed by atoms with van der Waals surface area (Å²) in [6, 6.07) is 20.1. The van der Waals surface area contributed by atoms with Gasteiger partial charge in [-0.2, -0.15) is 5.26 Å². The van der Waals surface area contributed by atoms with Gasteiger partial charge in [-0.3, -0.25) is 14.6 Å². The molecule has 0 aromatic heterocycles. The molecule has 0 saturated carbocycles. The monoisotopic (exact) mass is 611 g/mol. The molecule has 6 rings (SSSR count). The first-order valence-corrected chi connectivity index (χ1v) is 15.5. The van der Waals surface area contributed by atoms with E-state index in [9.17, 15) is 10.1 Å². The molecule has 0 spiro atoms. The molecule has 9 heteroatoms. The number of rotatable bonds is 10. The molecular weight excluding hydrogens is 570 g/mol. The number of esters is 1. The zero-order valence-corrected chi connectivity index (χ0v) is 26.6. The Kier molecular flexibility index (Phi) is 8.88. The van der Waals surface area contributed by atoms with Crippen LogP contribution in [0.2, 0.25) is 0 Å². The van der Waals surface area contributed by atoms with Gasteiger partial charge in [0, 0.05) is 18.5 Å². The topological polar surface area (TPSA) is 93.5 Å². The van der Waals surface area contributed by atoms with Crippen molar-refractivity contribution in [3.05, 3.63) is 82.4 Å². The van der Waals surface area contributed by atoms with Crippen LogP contribution in [-0.2, 0) is 28.8 Å². The number of carbonyl (C=O) groups is 1. The Balaban J connectivity index is 1.36. The van der Waals surface area contributed by atoms with Crippen LogP contribution in [0, 0.1) is 11.3 Å². The molecule has 3 aliphatic rings. The van der Waals surface area contributed by atoms with E-state index >= 15 is 0 Å². The molecule has 0 aliphatic carbocycles. The van der Waals surface area contributed by atoms with E-state index in [2.05, 4.69) is 47.2 Å². The van der Waals surface area contributed by atoms with Crippen LogP contribution in [0.4, 0.5) is 0 Å². The summed E-state index contributed by atoms with van der Waals surface area (Å²) in [6.45, 7) is 0.142. The van der Waals surface area contributed by atoms with Crippen LogP contribution in [0.15, 0.2) is 54.6 Å². The zero-order valence-electron chi connectivity index (χ0n) is 26.6. The quantitative estimate of drug-likeness (QED) is 0.292. The van der Waals surface area contributed by atoms with Crippen LogP contribution in [0.3, 0.4) is 0 Å². The SMILES string of the molecule is COc1cc2c(cc1OC)[C@@H]1[C@@H]3Cc4cc(OC)c(OC)cc4[C@H](COC(=O)CCCc4ccccc4)N3[C@@H](C#N)[C@H](C2)N1C. The predicted octanol–water partition coefficient (Wildman–Crippen LogP) is 5.06. The summed E-state index contributed by atoms with van der Waals surface area (Å²) in [6.07, 6.45) is 3.22. The summed E-state index contributed by atoms with van der Waals surface area (Å²) in [5.41, 5.74) is 5.62. The molecule has 1 saturated heterocycles. The number of nitrogens with zero attached hydrogens (tertiary/aromatic N) is 3. The smallest absolute Gasteiger partial charge is 0.305 e. The number of likely N-dealkylation sites (N-methyl/N-ethyl adjacent to an activating group) is 1. The van der Waals surface area contributed by atoms with Crippen molar-refractivity contribution in [2.24, 2.45) is 0 Å². The first kappa shape index (κ1) is 30.8. The number of benzene rings is 3. The van der Waals surface area contributed by atoms with E-state index in [0.717, 1.165) is 17.5 Å². The maximum Gasteiger partial charge on any atom is 0.305 e. The molecule has 5 atom stereocenters. The molecule has 0 unspecified atom stereocenters. The van der Waals surface area contributed by atoms with Gasteiger partial charge in [0.25, 0.3) is 0 Å². The summed E-state index contributed by atoms with van der Waals surface area (Å²) in [5, 5.41) is 10.7. The summed E-state index contributed by atoms with van der Waals surface area (Å²) in [4.78, 5) is 17.7. The number of hydrogen-bond acceptors (Lipinski definition) is 9. The van der Waals surface area contributed by atoms with E-state index < -0.39 is 6.04 Å². The fourth-order valence-corrected chi connectivity index (χ4v) is 7.67. The Hall–Kier alpha value is -4.26. The minimum atomic E-state index is -0.430. The lowest BCUT2D eigenvalue weighted by Gasteiger charge is -2.59. The largest absolute Gasteiger partial charge is 0.493 e. The third-order valence-corrected chi connectivity index (χ3v) is 9.81. The first-order chi connectivity index (χ1) is 21.9. The Morgan fingerprint density at radius 3 is 2.04 bits per heavy atom. The molecular formula is C36H41N3O6. The van der Waals surface area contributed by atoms with E-state index in [1.807, 2.05) is 30.3 Å². The van der Waals surface area contributed by atoms with E-state index in [4.69, 9.17) is 23.7 Å². The van der Waals surface area contributed by atoms with Gasteiger partial charge in [-0.05, 0) is 84.8 Å². The summed E-state index contributed by atoms with van der Waals surface area (Å²) in [7, 11) is 8.67. The lowest BCUT2D eigenvalue weighted by Crippen LogP contribution is -2.68. The Labute approximate surface area is 265 Å². The predicted molar refractivity (Wildman–Crippen MR) is 169 cm³/mol. The Morgan fingerprint density at radius 1 is 0.844 bits per heavy atom. The number of carbonyl (C=O) groups excluding carboxylic acids is 1. The van der Waals surface area contributed by atoms with Crippen LogP contribution in [0.1, 0.15) is 52.7 Å². The van der Waals surface area contributed by atoms with Crippen molar-refractivity contribution in [1.82, 2.24) is 9.80 Å². The van der Waals surface area contributed by atoms with E-state index in [1.165, 1.54) is 16.7 Å². The second-order valence-corrected chi connectivity index (χ2v) is 12.0. The van der Waals surface area contributed by atoms with Crippen molar-refractivity contribution in [3.63, 3.8) is 0 Å². The second-order valence-electron chi connectivity index (χ2n) is 12.0. The van der Waals surface area contributed by atoms with Crippen molar-refractivity contribution in [1.29, 1.82) is 5.26 Å². The van der Waals surface area contributed by atoms with Gasteiger partial charge in [0.15, 0.2) is 23.0 Å². The highest BCUT2D eigenvalue weighted by Gasteiger charge is 2.54. The van der Waals surface area contributed by atoms with Gasteiger partial charge >= 0.3 is 5.97 Å². The van der Waals surface area contributed by atoms with Crippen molar-refractivity contribution in [3.8, 4) is 29.1 Å². The normalized spacial score (nSPS) is 23.5. The van der Waals surface area contributed by atoms with E-state index in [0.29, 0.717) is 48.7 Å². The Bertz CT molecular complexity index is 1590. The minimum Gasteiger partial charge on any atom is -0.493 e. The maximum atomic E-state index is 13.1. The molecule has 2 bridgehead atoms. The highest BCUT2D eigenvalue weighted by Crippen LogP contribution is 2.52. The van der Waals surface area contributed by atoms with Crippen LogP contribution < -0.4 is 18.9 Å². The average molecular weight is 612 g/mol. The lowest BCUT2D eigenvalue weighted by atomic mass is 9.72. The fourth-order valence-electron chi connectivity index (χ4n) is 7.67. The number of nitriles is 1. The summed E-state index contributed by atoms with van der Waals surface area (Å²) in [5.74, 6) is 2.39. The maximum absolute atomic E-state index is 13.1. The minimum absolute atomic E-state index is 0.0199. The van der Waals surface area contributed by atoms with Gasteiger partial charge < -0.3 is 23.7 Å². The number of aryl methyl sites for hydroxylation is 1. The molecule has 0 amide bonds. The number of methoxy groups -OCH3 is 4. The molecule has 45 heavy (non-hydrogen) atoms.